The highest BCUT2D eigenvalue weighted by molar-refractivity contribution is 6.16. The number of carbonyl (C=O) groups is 1. The molecular formula is C20H20O2. The van der Waals surface area contributed by atoms with Crippen molar-refractivity contribution in [3.63, 3.8) is 0 Å². The molecule has 3 rings (SSSR count). The van der Waals surface area contributed by atoms with Gasteiger partial charge in [-0.2, -0.15) is 0 Å². The zero-order chi connectivity index (χ0) is 15.4. The highest BCUT2D eigenvalue weighted by atomic mass is 16.5. The lowest BCUT2D eigenvalue weighted by molar-refractivity contribution is 0.0503. The lowest BCUT2D eigenvalue weighted by Crippen LogP contribution is -2.08. The van der Waals surface area contributed by atoms with Crippen molar-refractivity contribution in [2.24, 2.45) is 0 Å². The third-order valence-electron chi connectivity index (χ3n) is 3.96. The minimum Gasteiger partial charge on any atom is -0.462 e. The Morgan fingerprint density at radius 1 is 0.909 bits per heavy atom. The fraction of sp³-hybridized carbons (Fsp3) is 0.250. The molecule has 2 nitrogen and oxygen atoms in total. The maximum atomic E-state index is 12.6. The Morgan fingerprint density at radius 2 is 1.50 bits per heavy atom. The number of carbonyl (C=O) groups excluding carboxylic acids is 1. The molecule has 0 saturated carbocycles. The van der Waals surface area contributed by atoms with Crippen molar-refractivity contribution in [1.82, 2.24) is 0 Å². The molecule has 112 valence electrons. The van der Waals surface area contributed by atoms with Crippen LogP contribution >= 0.6 is 0 Å². The van der Waals surface area contributed by atoms with E-state index in [1.54, 1.807) is 0 Å². The third-order valence-corrected chi connectivity index (χ3v) is 3.96. The summed E-state index contributed by atoms with van der Waals surface area (Å²) in [6.07, 6.45) is 3.13. The second-order valence-electron chi connectivity index (χ2n) is 5.54. The van der Waals surface area contributed by atoms with Crippen molar-refractivity contribution in [2.75, 3.05) is 6.61 Å². The molecule has 0 aliphatic carbocycles. The van der Waals surface area contributed by atoms with E-state index in [0.717, 1.165) is 40.8 Å². The van der Waals surface area contributed by atoms with Gasteiger partial charge in [-0.1, -0.05) is 68.3 Å². The van der Waals surface area contributed by atoms with Crippen LogP contribution in [0.4, 0.5) is 0 Å². The van der Waals surface area contributed by atoms with Gasteiger partial charge >= 0.3 is 5.97 Å². The maximum absolute atomic E-state index is 12.6. The van der Waals surface area contributed by atoms with E-state index in [-0.39, 0.29) is 5.97 Å². The SMILES string of the molecule is CCCCCOC(=O)c1c2ccccc2cc2ccccc12. The summed E-state index contributed by atoms with van der Waals surface area (Å²) >= 11 is 0. The molecule has 0 aliphatic rings. The van der Waals surface area contributed by atoms with Gasteiger partial charge in [-0.25, -0.2) is 4.79 Å². The molecule has 0 aliphatic heterocycles. The number of hydrogen-bond acceptors (Lipinski definition) is 2. The summed E-state index contributed by atoms with van der Waals surface area (Å²) in [6, 6.07) is 18.1. The Hall–Kier alpha value is -2.35. The summed E-state index contributed by atoms with van der Waals surface area (Å²) in [6.45, 7) is 2.63. The van der Waals surface area contributed by atoms with E-state index in [4.69, 9.17) is 4.74 Å². The number of ether oxygens (including phenoxy) is 1. The number of esters is 1. The molecule has 0 radical (unpaired) electrons. The van der Waals surface area contributed by atoms with Crippen molar-refractivity contribution in [3.05, 3.63) is 60.2 Å². The summed E-state index contributed by atoms with van der Waals surface area (Å²) in [5.74, 6) is -0.218. The van der Waals surface area contributed by atoms with Gasteiger partial charge in [-0.3, -0.25) is 0 Å². The molecule has 0 atom stereocenters. The molecule has 0 spiro atoms. The summed E-state index contributed by atoms with van der Waals surface area (Å²) in [5.41, 5.74) is 0.685. The van der Waals surface area contributed by atoms with Crippen LogP contribution in [0.1, 0.15) is 36.5 Å². The molecule has 0 amide bonds. The first-order chi connectivity index (χ1) is 10.8. The number of benzene rings is 3. The fourth-order valence-corrected chi connectivity index (χ4v) is 2.82. The monoisotopic (exact) mass is 292 g/mol. The van der Waals surface area contributed by atoms with E-state index in [9.17, 15) is 4.79 Å². The molecule has 0 aromatic heterocycles. The fourth-order valence-electron chi connectivity index (χ4n) is 2.82. The first-order valence-electron chi connectivity index (χ1n) is 7.89. The van der Waals surface area contributed by atoms with Crippen LogP contribution in [0.25, 0.3) is 21.5 Å². The first-order valence-corrected chi connectivity index (χ1v) is 7.89. The van der Waals surface area contributed by atoms with Crippen LogP contribution < -0.4 is 0 Å². The lowest BCUT2D eigenvalue weighted by Gasteiger charge is -2.11. The summed E-state index contributed by atoms with van der Waals surface area (Å²) in [5, 5.41) is 4.06. The molecule has 0 bridgehead atoms. The van der Waals surface area contributed by atoms with Gasteiger partial charge in [0.25, 0.3) is 0 Å². The van der Waals surface area contributed by atoms with E-state index in [0.29, 0.717) is 12.2 Å². The van der Waals surface area contributed by atoms with E-state index < -0.39 is 0 Å². The second kappa shape index (κ2) is 6.61. The van der Waals surface area contributed by atoms with Crippen molar-refractivity contribution >= 4 is 27.5 Å². The molecule has 0 unspecified atom stereocenters. The Balaban J connectivity index is 2.06. The van der Waals surface area contributed by atoms with Crippen LogP contribution in [-0.2, 0) is 4.74 Å². The molecule has 0 saturated heterocycles. The number of unbranched alkanes of at least 4 members (excludes halogenated alkanes) is 2. The van der Waals surface area contributed by atoms with Gasteiger partial charge in [0.05, 0.1) is 12.2 Å². The molecule has 0 heterocycles. The molecule has 3 aromatic carbocycles. The molecule has 0 N–H and O–H groups in total. The van der Waals surface area contributed by atoms with Crippen LogP contribution in [-0.4, -0.2) is 12.6 Å². The minimum absolute atomic E-state index is 0.218. The second-order valence-corrected chi connectivity index (χ2v) is 5.54. The van der Waals surface area contributed by atoms with Crippen LogP contribution in [0.5, 0.6) is 0 Å². The summed E-state index contributed by atoms with van der Waals surface area (Å²) in [4.78, 5) is 12.6. The van der Waals surface area contributed by atoms with Gasteiger partial charge in [0.15, 0.2) is 0 Å². The van der Waals surface area contributed by atoms with Gasteiger partial charge in [-0.15, -0.1) is 0 Å². The number of rotatable bonds is 5. The quantitative estimate of drug-likeness (QED) is 0.360. The third kappa shape index (κ3) is 2.82. The average Bonchev–Trinajstić information content (AvgIpc) is 2.56. The first kappa shape index (κ1) is 14.6. The van der Waals surface area contributed by atoms with Gasteiger partial charge in [0, 0.05) is 0 Å². The van der Waals surface area contributed by atoms with Crippen molar-refractivity contribution < 1.29 is 9.53 Å². The van der Waals surface area contributed by atoms with Gasteiger partial charge < -0.3 is 4.74 Å². The van der Waals surface area contributed by atoms with Crippen molar-refractivity contribution in [2.45, 2.75) is 26.2 Å². The van der Waals surface area contributed by atoms with Crippen molar-refractivity contribution in [3.8, 4) is 0 Å². The summed E-state index contributed by atoms with van der Waals surface area (Å²) in [7, 11) is 0. The van der Waals surface area contributed by atoms with E-state index in [1.807, 2.05) is 48.5 Å². The van der Waals surface area contributed by atoms with Gasteiger partial charge in [0.1, 0.15) is 0 Å². The number of hydrogen-bond donors (Lipinski definition) is 0. The summed E-state index contributed by atoms with van der Waals surface area (Å²) < 4.78 is 5.51. The maximum Gasteiger partial charge on any atom is 0.339 e. The lowest BCUT2D eigenvalue weighted by atomic mass is 9.97. The average molecular weight is 292 g/mol. The van der Waals surface area contributed by atoms with Crippen LogP contribution in [0.2, 0.25) is 0 Å². The molecule has 22 heavy (non-hydrogen) atoms. The Morgan fingerprint density at radius 3 is 2.09 bits per heavy atom. The largest absolute Gasteiger partial charge is 0.462 e. The van der Waals surface area contributed by atoms with Crippen LogP contribution in [0.15, 0.2) is 54.6 Å². The zero-order valence-corrected chi connectivity index (χ0v) is 12.8. The van der Waals surface area contributed by atoms with E-state index in [1.165, 1.54) is 0 Å². The van der Waals surface area contributed by atoms with E-state index in [2.05, 4.69) is 13.0 Å². The van der Waals surface area contributed by atoms with Crippen molar-refractivity contribution in [1.29, 1.82) is 0 Å². The predicted molar refractivity (Wildman–Crippen MR) is 91.3 cm³/mol. The Bertz CT molecular complexity index is 751. The molecule has 3 aromatic rings. The highest BCUT2D eigenvalue weighted by Crippen LogP contribution is 2.29. The zero-order valence-electron chi connectivity index (χ0n) is 12.8. The predicted octanol–water partition coefficient (Wildman–Crippen LogP) is 5.34. The minimum atomic E-state index is -0.218. The standard InChI is InChI=1S/C20H20O2/c1-2-3-8-13-22-20(21)19-17-11-6-4-9-15(17)14-16-10-5-7-12-18(16)19/h4-7,9-12,14H,2-3,8,13H2,1H3. The molecule has 2 heteroatoms. The van der Waals surface area contributed by atoms with E-state index >= 15 is 0 Å². The Kier molecular flexibility index (Phi) is 4.38. The number of fused-ring (bicyclic) bond motifs is 2. The smallest absolute Gasteiger partial charge is 0.339 e. The highest BCUT2D eigenvalue weighted by Gasteiger charge is 2.15. The van der Waals surface area contributed by atoms with Gasteiger partial charge in [0.2, 0.25) is 0 Å². The Labute approximate surface area is 130 Å². The van der Waals surface area contributed by atoms with Gasteiger partial charge in [-0.05, 0) is 34.0 Å². The molecule has 0 fully saturated rings. The van der Waals surface area contributed by atoms with Crippen LogP contribution in [0, 0.1) is 0 Å². The van der Waals surface area contributed by atoms with Crippen LogP contribution in [0.3, 0.4) is 0 Å². The molecular weight excluding hydrogens is 272 g/mol. The normalized spacial score (nSPS) is 11.0. The topological polar surface area (TPSA) is 26.3 Å².